The fourth-order valence-corrected chi connectivity index (χ4v) is 2.72. The molecule has 1 N–H and O–H groups in total. The van der Waals surface area contributed by atoms with E-state index in [1.165, 1.54) is 18.9 Å². The molecule has 4 nitrogen and oxygen atoms in total. The van der Waals surface area contributed by atoms with Crippen molar-refractivity contribution in [1.29, 1.82) is 0 Å². The van der Waals surface area contributed by atoms with E-state index in [1.807, 2.05) is 4.90 Å². The highest BCUT2D eigenvalue weighted by Gasteiger charge is 2.31. The van der Waals surface area contributed by atoms with Gasteiger partial charge in [0.2, 0.25) is 0 Å². The van der Waals surface area contributed by atoms with Crippen LogP contribution in [0.1, 0.15) is 18.4 Å². The van der Waals surface area contributed by atoms with Crippen molar-refractivity contribution in [3.05, 3.63) is 23.9 Å². The van der Waals surface area contributed by atoms with Crippen LogP contribution in [0.2, 0.25) is 0 Å². The monoisotopic (exact) mass is 330 g/mol. The van der Waals surface area contributed by atoms with Crippen LogP contribution in [0.5, 0.6) is 0 Å². The minimum atomic E-state index is -4.34. The summed E-state index contributed by atoms with van der Waals surface area (Å²) in [6.07, 6.45) is -1.10. The molecule has 8 heteroatoms. The van der Waals surface area contributed by atoms with Crippen molar-refractivity contribution in [2.75, 3.05) is 31.1 Å². The molecule has 2 aliphatic rings. The standard InChI is InChI=1S/C14H17F3N4S/c15-14(16,17)10-1-4-12(18-9-10)20-5-7-21(8-6-20)13(22)19-11-2-3-11/h1,4,9,11H,2-3,5-8H2,(H,19,22). The topological polar surface area (TPSA) is 31.4 Å². The Kier molecular flexibility index (Phi) is 4.12. The van der Waals surface area contributed by atoms with Crippen LogP contribution in [0.4, 0.5) is 19.0 Å². The Morgan fingerprint density at radius 3 is 2.36 bits per heavy atom. The zero-order valence-corrected chi connectivity index (χ0v) is 12.8. The molecule has 1 aromatic heterocycles. The molecule has 0 amide bonds. The van der Waals surface area contributed by atoms with E-state index in [4.69, 9.17) is 12.2 Å². The Balaban J connectivity index is 1.55. The van der Waals surface area contributed by atoms with E-state index in [1.54, 1.807) is 0 Å². The number of anilines is 1. The second kappa shape index (κ2) is 5.91. The van der Waals surface area contributed by atoms with Crippen LogP contribution in [0.3, 0.4) is 0 Å². The van der Waals surface area contributed by atoms with Crippen molar-refractivity contribution >= 4 is 23.1 Å². The van der Waals surface area contributed by atoms with Crippen molar-refractivity contribution in [1.82, 2.24) is 15.2 Å². The largest absolute Gasteiger partial charge is 0.417 e. The Labute approximate surface area is 132 Å². The maximum Gasteiger partial charge on any atom is 0.417 e. The van der Waals surface area contributed by atoms with E-state index in [9.17, 15) is 13.2 Å². The first-order chi connectivity index (χ1) is 10.4. The van der Waals surface area contributed by atoms with Crippen LogP contribution < -0.4 is 10.2 Å². The van der Waals surface area contributed by atoms with Crippen molar-refractivity contribution in [2.45, 2.75) is 25.1 Å². The number of nitrogens with one attached hydrogen (secondary N) is 1. The molecule has 2 fully saturated rings. The molecule has 2 heterocycles. The molecule has 1 saturated heterocycles. The predicted molar refractivity (Wildman–Crippen MR) is 81.8 cm³/mol. The van der Waals surface area contributed by atoms with E-state index in [0.29, 0.717) is 24.9 Å². The molecular formula is C14H17F3N4S. The van der Waals surface area contributed by atoms with Gasteiger partial charge in [-0.2, -0.15) is 13.2 Å². The number of halogens is 3. The summed E-state index contributed by atoms with van der Waals surface area (Å²) >= 11 is 5.36. The molecule has 0 unspecified atom stereocenters. The average molecular weight is 330 g/mol. The molecule has 3 rings (SSSR count). The van der Waals surface area contributed by atoms with Crippen LogP contribution >= 0.6 is 12.2 Å². The molecule has 0 aromatic carbocycles. The van der Waals surface area contributed by atoms with Gasteiger partial charge in [-0.05, 0) is 37.2 Å². The lowest BCUT2D eigenvalue weighted by atomic mass is 10.2. The Hall–Kier alpha value is -1.57. The second-order valence-electron chi connectivity index (χ2n) is 5.60. The molecule has 0 atom stereocenters. The molecule has 22 heavy (non-hydrogen) atoms. The van der Waals surface area contributed by atoms with Gasteiger partial charge in [0.15, 0.2) is 5.11 Å². The quantitative estimate of drug-likeness (QED) is 0.841. The summed E-state index contributed by atoms with van der Waals surface area (Å²) in [7, 11) is 0. The Bertz CT molecular complexity index is 534. The molecule has 0 radical (unpaired) electrons. The highest BCUT2D eigenvalue weighted by molar-refractivity contribution is 7.80. The number of aromatic nitrogens is 1. The van der Waals surface area contributed by atoms with Gasteiger partial charge in [0.25, 0.3) is 0 Å². The summed E-state index contributed by atoms with van der Waals surface area (Å²) in [5, 5.41) is 4.08. The molecule has 1 saturated carbocycles. The minimum Gasteiger partial charge on any atom is -0.360 e. The molecular weight excluding hydrogens is 313 g/mol. The first kappa shape index (κ1) is 15.3. The lowest BCUT2D eigenvalue weighted by molar-refractivity contribution is -0.137. The van der Waals surface area contributed by atoms with Crippen molar-refractivity contribution in [3.63, 3.8) is 0 Å². The summed E-state index contributed by atoms with van der Waals surface area (Å²) in [6.45, 7) is 2.90. The summed E-state index contributed by atoms with van der Waals surface area (Å²) in [6, 6.07) is 3.04. The normalized spacial score (nSPS) is 19.2. The molecule has 0 bridgehead atoms. The SMILES string of the molecule is FC(F)(F)c1ccc(N2CCN(C(=S)NC3CC3)CC2)nc1. The third-order valence-corrected chi connectivity index (χ3v) is 4.25. The molecule has 0 spiro atoms. The highest BCUT2D eigenvalue weighted by atomic mass is 32.1. The predicted octanol–water partition coefficient (Wildman–Crippen LogP) is 2.26. The van der Waals surface area contributed by atoms with Crippen LogP contribution in [0.15, 0.2) is 18.3 Å². The number of pyridine rings is 1. The van der Waals surface area contributed by atoms with E-state index < -0.39 is 11.7 Å². The van der Waals surface area contributed by atoms with Crippen molar-refractivity contribution < 1.29 is 13.2 Å². The van der Waals surface area contributed by atoms with E-state index in [-0.39, 0.29) is 0 Å². The fraction of sp³-hybridized carbons (Fsp3) is 0.571. The summed E-state index contributed by atoms with van der Waals surface area (Å²) in [4.78, 5) is 8.02. The van der Waals surface area contributed by atoms with Gasteiger partial charge in [0.05, 0.1) is 5.56 Å². The van der Waals surface area contributed by atoms with Gasteiger partial charge < -0.3 is 15.1 Å². The number of rotatable bonds is 2. The van der Waals surface area contributed by atoms with E-state index in [0.717, 1.165) is 30.5 Å². The Morgan fingerprint density at radius 2 is 1.86 bits per heavy atom. The molecule has 1 aromatic rings. The van der Waals surface area contributed by atoms with Gasteiger partial charge >= 0.3 is 6.18 Å². The summed E-state index contributed by atoms with van der Waals surface area (Å²) < 4.78 is 37.6. The summed E-state index contributed by atoms with van der Waals surface area (Å²) in [5.41, 5.74) is -0.718. The second-order valence-corrected chi connectivity index (χ2v) is 5.99. The summed E-state index contributed by atoms with van der Waals surface area (Å²) in [5.74, 6) is 0.578. The number of hydrogen-bond acceptors (Lipinski definition) is 3. The van der Waals surface area contributed by atoms with Gasteiger partial charge in [-0.25, -0.2) is 4.98 Å². The van der Waals surface area contributed by atoms with Crippen LogP contribution in [0.25, 0.3) is 0 Å². The van der Waals surface area contributed by atoms with Crippen molar-refractivity contribution in [3.8, 4) is 0 Å². The highest BCUT2D eigenvalue weighted by Crippen LogP contribution is 2.29. The zero-order chi connectivity index (χ0) is 15.7. The lowest BCUT2D eigenvalue weighted by Crippen LogP contribution is -2.52. The van der Waals surface area contributed by atoms with Gasteiger partial charge in [0, 0.05) is 38.4 Å². The van der Waals surface area contributed by atoms with Gasteiger partial charge in [-0.3, -0.25) is 0 Å². The average Bonchev–Trinajstić information content (AvgIpc) is 3.31. The minimum absolute atomic E-state index is 0.530. The van der Waals surface area contributed by atoms with E-state index >= 15 is 0 Å². The third-order valence-electron chi connectivity index (χ3n) is 3.87. The maximum atomic E-state index is 12.5. The number of hydrogen-bond donors (Lipinski definition) is 1. The number of piperazine rings is 1. The lowest BCUT2D eigenvalue weighted by Gasteiger charge is -2.36. The third kappa shape index (κ3) is 3.60. The van der Waals surface area contributed by atoms with Gasteiger partial charge in [-0.15, -0.1) is 0 Å². The number of thiocarbonyl (C=S) groups is 1. The Morgan fingerprint density at radius 1 is 1.18 bits per heavy atom. The number of alkyl halides is 3. The van der Waals surface area contributed by atoms with Crippen LogP contribution in [0, 0.1) is 0 Å². The van der Waals surface area contributed by atoms with E-state index in [2.05, 4.69) is 15.2 Å². The van der Waals surface area contributed by atoms with Crippen LogP contribution in [-0.2, 0) is 6.18 Å². The van der Waals surface area contributed by atoms with Crippen LogP contribution in [-0.4, -0.2) is 47.2 Å². The first-order valence-corrected chi connectivity index (χ1v) is 7.68. The van der Waals surface area contributed by atoms with Gasteiger partial charge in [0.1, 0.15) is 5.82 Å². The van der Waals surface area contributed by atoms with Gasteiger partial charge in [-0.1, -0.05) is 0 Å². The molecule has 1 aliphatic heterocycles. The van der Waals surface area contributed by atoms with Crippen molar-refractivity contribution in [2.24, 2.45) is 0 Å². The molecule has 120 valence electrons. The molecule has 1 aliphatic carbocycles. The smallest absolute Gasteiger partial charge is 0.360 e. The first-order valence-electron chi connectivity index (χ1n) is 7.27. The fourth-order valence-electron chi connectivity index (χ4n) is 2.37. The maximum absolute atomic E-state index is 12.5. The number of nitrogens with zero attached hydrogens (tertiary/aromatic N) is 3. The zero-order valence-electron chi connectivity index (χ0n) is 11.9.